The minimum Gasteiger partial charge on any atom is -0.335 e. The van der Waals surface area contributed by atoms with Crippen molar-refractivity contribution in [2.24, 2.45) is 5.92 Å². The van der Waals surface area contributed by atoms with Gasteiger partial charge in [-0.15, -0.1) is 10.2 Å². The lowest BCUT2D eigenvalue weighted by Gasteiger charge is -2.23. The van der Waals surface area contributed by atoms with Gasteiger partial charge in [-0.25, -0.2) is 0 Å². The van der Waals surface area contributed by atoms with Gasteiger partial charge in [0.2, 0.25) is 5.91 Å². The van der Waals surface area contributed by atoms with Crippen LogP contribution in [0, 0.1) is 5.92 Å². The summed E-state index contributed by atoms with van der Waals surface area (Å²) in [7, 11) is 0. The molecule has 0 radical (unpaired) electrons. The monoisotopic (exact) mass is 312 g/mol. The molecule has 2 aliphatic rings. The van der Waals surface area contributed by atoms with E-state index in [9.17, 15) is 4.79 Å². The largest absolute Gasteiger partial charge is 0.335 e. The van der Waals surface area contributed by atoms with Crippen LogP contribution in [0.1, 0.15) is 30.9 Å². The Morgan fingerprint density at radius 2 is 2.09 bits per heavy atom. The average molecular weight is 312 g/mol. The second kappa shape index (κ2) is 5.98. The van der Waals surface area contributed by atoms with E-state index in [4.69, 9.17) is 0 Å². The van der Waals surface area contributed by atoms with Gasteiger partial charge in [0.05, 0.1) is 6.54 Å². The van der Waals surface area contributed by atoms with Crippen LogP contribution in [0.2, 0.25) is 0 Å². The summed E-state index contributed by atoms with van der Waals surface area (Å²) >= 11 is 0. The molecule has 7 nitrogen and oxygen atoms in total. The van der Waals surface area contributed by atoms with Crippen molar-refractivity contribution in [2.75, 3.05) is 6.54 Å². The zero-order valence-electron chi connectivity index (χ0n) is 13.0. The van der Waals surface area contributed by atoms with E-state index in [1.165, 1.54) is 0 Å². The first kappa shape index (κ1) is 14.2. The molecule has 1 amide bonds. The molecular weight excluding hydrogens is 292 g/mol. The summed E-state index contributed by atoms with van der Waals surface area (Å²) in [6, 6.07) is 1.90. The molecule has 3 heterocycles. The van der Waals surface area contributed by atoms with Crippen molar-refractivity contribution in [2.45, 2.75) is 38.9 Å². The van der Waals surface area contributed by atoms with Gasteiger partial charge in [0.25, 0.3) is 0 Å². The second-order valence-electron chi connectivity index (χ2n) is 6.14. The first-order valence-corrected chi connectivity index (χ1v) is 8.13. The highest BCUT2D eigenvalue weighted by Gasteiger charge is 2.28. The number of aromatic nitrogens is 5. The third-order valence-electron chi connectivity index (χ3n) is 4.58. The Hall–Kier alpha value is -2.44. The number of rotatable bonds is 3. The van der Waals surface area contributed by atoms with Gasteiger partial charge in [-0.2, -0.15) is 5.10 Å². The van der Waals surface area contributed by atoms with Crippen LogP contribution in [-0.4, -0.2) is 41.9 Å². The Morgan fingerprint density at radius 3 is 2.87 bits per heavy atom. The summed E-state index contributed by atoms with van der Waals surface area (Å²) in [5, 5.41) is 12.8. The fourth-order valence-electron chi connectivity index (χ4n) is 3.34. The number of nitrogens with zero attached hydrogens (tertiary/aromatic N) is 6. The Kier molecular flexibility index (Phi) is 3.69. The molecule has 0 spiro atoms. The Labute approximate surface area is 134 Å². The minimum atomic E-state index is 0.119. The molecule has 1 aliphatic heterocycles. The summed E-state index contributed by atoms with van der Waals surface area (Å²) in [5.41, 5.74) is 0. The number of carbonyl (C=O) groups is 1. The quantitative estimate of drug-likeness (QED) is 0.799. The highest BCUT2D eigenvalue weighted by molar-refractivity contribution is 5.79. The first-order valence-electron chi connectivity index (χ1n) is 8.13. The predicted octanol–water partition coefficient (Wildman–Crippen LogP) is 1.22. The Bertz CT molecular complexity index is 709. The van der Waals surface area contributed by atoms with Crippen LogP contribution in [0.15, 0.2) is 30.6 Å². The van der Waals surface area contributed by atoms with Crippen molar-refractivity contribution in [1.82, 2.24) is 29.4 Å². The molecule has 1 aliphatic carbocycles. The van der Waals surface area contributed by atoms with Crippen LogP contribution in [-0.2, 0) is 24.4 Å². The lowest BCUT2D eigenvalue weighted by molar-refractivity contribution is -0.135. The number of fused-ring (bicyclic) bond motifs is 1. The number of allylic oxidation sites excluding steroid dienone is 2. The van der Waals surface area contributed by atoms with Gasteiger partial charge in [0.15, 0.2) is 11.6 Å². The van der Waals surface area contributed by atoms with E-state index in [1.807, 2.05) is 21.8 Å². The highest BCUT2D eigenvalue weighted by atomic mass is 16.2. The van der Waals surface area contributed by atoms with Gasteiger partial charge >= 0.3 is 0 Å². The molecule has 2 aromatic rings. The van der Waals surface area contributed by atoms with Crippen molar-refractivity contribution in [3.8, 4) is 0 Å². The predicted molar refractivity (Wildman–Crippen MR) is 83.2 cm³/mol. The molecule has 0 saturated heterocycles. The molecular formula is C16H20N6O. The van der Waals surface area contributed by atoms with E-state index in [2.05, 4.69) is 32.0 Å². The van der Waals surface area contributed by atoms with Crippen LogP contribution in [0.4, 0.5) is 0 Å². The Balaban J connectivity index is 1.51. The molecule has 0 unspecified atom stereocenters. The van der Waals surface area contributed by atoms with Crippen LogP contribution in [0.3, 0.4) is 0 Å². The van der Waals surface area contributed by atoms with E-state index in [1.54, 1.807) is 6.20 Å². The van der Waals surface area contributed by atoms with E-state index in [0.29, 0.717) is 13.1 Å². The maximum Gasteiger partial charge on any atom is 0.226 e. The molecule has 2 aromatic heterocycles. The lowest BCUT2D eigenvalue weighted by atomic mass is 10.1. The third-order valence-corrected chi connectivity index (χ3v) is 4.58. The van der Waals surface area contributed by atoms with E-state index in [0.717, 1.165) is 44.0 Å². The number of amides is 1. The van der Waals surface area contributed by atoms with Crippen LogP contribution in [0.5, 0.6) is 0 Å². The maximum absolute atomic E-state index is 12.6. The van der Waals surface area contributed by atoms with Gasteiger partial charge in [-0.3, -0.25) is 9.48 Å². The van der Waals surface area contributed by atoms with Crippen LogP contribution in [0.25, 0.3) is 0 Å². The molecule has 4 rings (SSSR count). The molecule has 0 aromatic carbocycles. The standard InChI is InChI=1S/C16H20N6O/c23-16(13-5-1-2-6-13)20-8-4-10-22-14(11-20)18-19-15(22)12-21-9-3-7-17-21/h1-3,7,9,13H,4-6,8,10-12H2. The van der Waals surface area contributed by atoms with Crippen molar-refractivity contribution >= 4 is 5.91 Å². The summed E-state index contributed by atoms with van der Waals surface area (Å²) in [5.74, 6) is 2.15. The molecule has 0 N–H and O–H groups in total. The van der Waals surface area contributed by atoms with Crippen LogP contribution >= 0.6 is 0 Å². The maximum atomic E-state index is 12.6. The van der Waals surface area contributed by atoms with Crippen molar-refractivity contribution in [1.29, 1.82) is 0 Å². The zero-order valence-corrected chi connectivity index (χ0v) is 13.0. The van der Waals surface area contributed by atoms with Crippen molar-refractivity contribution in [3.63, 3.8) is 0 Å². The van der Waals surface area contributed by atoms with E-state index in [-0.39, 0.29) is 11.8 Å². The molecule has 0 saturated carbocycles. The summed E-state index contributed by atoms with van der Waals surface area (Å²) in [6.07, 6.45) is 10.6. The van der Waals surface area contributed by atoms with Gasteiger partial charge < -0.3 is 9.47 Å². The van der Waals surface area contributed by atoms with Gasteiger partial charge in [-0.05, 0) is 25.3 Å². The SMILES string of the molecule is O=C(C1CC=CC1)N1CCCn2c(nnc2Cn2cccn2)C1. The fourth-order valence-corrected chi connectivity index (χ4v) is 3.34. The van der Waals surface area contributed by atoms with Crippen LogP contribution < -0.4 is 0 Å². The smallest absolute Gasteiger partial charge is 0.226 e. The average Bonchev–Trinajstić information content (AvgIpc) is 3.29. The number of carbonyl (C=O) groups excluding carboxylic acids is 1. The highest BCUT2D eigenvalue weighted by Crippen LogP contribution is 2.23. The molecule has 120 valence electrons. The summed E-state index contributed by atoms with van der Waals surface area (Å²) in [4.78, 5) is 14.6. The van der Waals surface area contributed by atoms with E-state index < -0.39 is 0 Å². The normalized spacial score (nSPS) is 18.2. The molecule has 7 heteroatoms. The van der Waals surface area contributed by atoms with Crippen molar-refractivity contribution in [3.05, 3.63) is 42.3 Å². The third kappa shape index (κ3) is 2.78. The molecule has 0 bridgehead atoms. The Morgan fingerprint density at radius 1 is 1.22 bits per heavy atom. The van der Waals surface area contributed by atoms with Crippen molar-refractivity contribution < 1.29 is 4.79 Å². The topological polar surface area (TPSA) is 68.8 Å². The second-order valence-corrected chi connectivity index (χ2v) is 6.14. The zero-order chi connectivity index (χ0) is 15.6. The van der Waals surface area contributed by atoms with Gasteiger partial charge in [0.1, 0.15) is 6.54 Å². The van der Waals surface area contributed by atoms with E-state index >= 15 is 0 Å². The molecule has 23 heavy (non-hydrogen) atoms. The number of hydrogen-bond donors (Lipinski definition) is 0. The van der Waals surface area contributed by atoms with Gasteiger partial charge in [-0.1, -0.05) is 12.2 Å². The first-order chi connectivity index (χ1) is 11.3. The minimum absolute atomic E-state index is 0.119. The lowest BCUT2D eigenvalue weighted by Crippen LogP contribution is -2.35. The number of hydrogen-bond acceptors (Lipinski definition) is 4. The van der Waals surface area contributed by atoms with Gasteiger partial charge in [0, 0.05) is 31.4 Å². The fraction of sp³-hybridized carbons (Fsp3) is 0.500. The molecule has 0 atom stereocenters. The molecule has 0 fully saturated rings. The summed E-state index contributed by atoms with van der Waals surface area (Å²) in [6.45, 7) is 2.81. The summed E-state index contributed by atoms with van der Waals surface area (Å²) < 4.78 is 3.98.